The molecule has 2 N–H and O–H groups in total. The van der Waals surface area contributed by atoms with Gasteiger partial charge in [0.25, 0.3) is 11.8 Å². The summed E-state index contributed by atoms with van der Waals surface area (Å²) in [5.41, 5.74) is 2.45. The number of piperidine rings is 1. The number of likely N-dealkylation sites (tertiary alicyclic amines) is 1. The van der Waals surface area contributed by atoms with E-state index in [4.69, 9.17) is 0 Å². The highest BCUT2D eigenvalue weighted by molar-refractivity contribution is 5.98. The van der Waals surface area contributed by atoms with Crippen LogP contribution in [0.4, 0.5) is 11.4 Å². The van der Waals surface area contributed by atoms with Crippen LogP contribution in [0.2, 0.25) is 0 Å². The predicted octanol–water partition coefficient (Wildman–Crippen LogP) is 4.09. The summed E-state index contributed by atoms with van der Waals surface area (Å²) in [5.74, 6) is 0.407. The quantitative estimate of drug-likeness (QED) is 0.635. The van der Waals surface area contributed by atoms with E-state index < -0.39 is 0 Å². The van der Waals surface area contributed by atoms with E-state index in [9.17, 15) is 14.4 Å². The lowest BCUT2D eigenvalue weighted by Gasteiger charge is -2.30. The molecule has 1 fully saturated rings. The number of nitrogens with one attached hydrogen (secondary N) is 2. The number of amides is 3. The van der Waals surface area contributed by atoms with Crippen molar-refractivity contribution in [3.05, 3.63) is 59.7 Å². The Morgan fingerprint density at radius 1 is 0.939 bits per heavy atom. The van der Waals surface area contributed by atoms with Crippen LogP contribution in [0.25, 0.3) is 0 Å². The average Bonchev–Trinajstić information content (AvgIpc) is 2.84. The number of anilines is 2. The number of hydrogen-bond donors (Lipinski definition) is 2. The largest absolute Gasteiger partial charge is 0.376 e. The van der Waals surface area contributed by atoms with Crippen molar-refractivity contribution in [1.82, 2.24) is 9.80 Å². The Morgan fingerprint density at radius 3 is 2.21 bits per heavy atom. The van der Waals surface area contributed by atoms with Gasteiger partial charge < -0.3 is 20.4 Å². The van der Waals surface area contributed by atoms with Crippen molar-refractivity contribution in [2.24, 2.45) is 5.92 Å². The summed E-state index contributed by atoms with van der Waals surface area (Å²) in [7, 11) is 0. The lowest BCUT2D eigenvalue weighted by Crippen LogP contribution is -2.37. The minimum atomic E-state index is -0.232. The van der Waals surface area contributed by atoms with Gasteiger partial charge in [0.05, 0.1) is 6.54 Å². The molecule has 1 heterocycles. The van der Waals surface area contributed by atoms with Gasteiger partial charge in [0.1, 0.15) is 0 Å². The van der Waals surface area contributed by atoms with Crippen LogP contribution < -0.4 is 10.6 Å². The minimum absolute atomic E-state index is 0.0321. The molecule has 7 heteroatoms. The van der Waals surface area contributed by atoms with Crippen molar-refractivity contribution >= 4 is 29.1 Å². The van der Waals surface area contributed by atoms with Gasteiger partial charge in [-0.3, -0.25) is 14.4 Å². The van der Waals surface area contributed by atoms with Gasteiger partial charge in [0.2, 0.25) is 5.91 Å². The molecule has 0 radical (unpaired) electrons. The molecule has 0 aromatic heterocycles. The van der Waals surface area contributed by atoms with Crippen LogP contribution in [-0.2, 0) is 4.79 Å². The summed E-state index contributed by atoms with van der Waals surface area (Å²) in [6.07, 6.45) is 2.07. The van der Waals surface area contributed by atoms with Crippen LogP contribution in [0.15, 0.2) is 48.5 Å². The Hall–Kier alpha value is -3.35. The summed E-state index contributed by atoms with van der Waals surface area (Å²) >= 11 is 0. The van der Waals surface area contributed by atoms with E-state index in [1.807, 2.05) is 36.9 Å². The fraction of sp³-hybridized carbons (Fsp3) is 0.423. The minimum Gasteiger partial charge on any atom is -0.376 e. The van der Waals surface area contributed by atoms with E-state index in [0.29, 0.717) is 41.5 Å². The monoisotopic (exact) mass is 450 g/mol. The molecule has 3 rings (SSSR count). The first-order valence-corrected chi connectivity index (χ1v) is 11.7. The van der Waals surface area contributed by atoms with E-state index in [1.54, 1.807) is 35.2 Å². The molecule has 3 amide bonds. The zero-order valence-corrected chi connectivity index (χ0v) is 19.8. The number of benzene rings is 2. The van der Waals surface area contributed by atoms with Crippen LogP contribution in [0.3, 0.4) is 0 Å². The van der Waals surface area contributed by atoms with Gasteiger partial charge in [-0.15, -0.1) is 0 Å². The summed E-state index contributed by atoms with van der Waals surface area (Å²) < 4.78 is 0. The summed E-state index contributed by atoms with van der Waals surface area (Å²) in [5, 5.41) is 5.91. The maximum Gasteiger partial charge on any atom is 0.253 e. The Balaban J connectivity index is 1.56. The van der Waals surface area contributed by atoms with Gasteiger partial charge in [0.15, 0.2) is 0 Å². The van der Waals surface area contributed by atoms with Crippen molar-refractivity contribution in [3.8, 4) is 0 Å². The van der Waals surface area contributed by atoms with Crippen molar-refractivity contribution in [3.63, 3.8) is 0 Å². The molecule has 1 aliphatic rings. The fourth-order valence-corrected chi connectivity index (χ4v) is 3.97. The molecule has 0 spiro atoms. The topological polar surface area (TPSA) is 81.8 Å². The van der Waals surface area contributed by atoms with Crippen LogP contribution in [0, 0.1) is 5.92 Å². The lowest BCUT2D eigenvalue weighted by atomic mass is 9.98. The molecule has 1 aliphatic heterocycles. The molecule has 2 aromatic rings. The maximum absolute atomic E-state index is 12.8. The molecule has 2 aromatic carbocycles. The van der Waals surface area contributed by atoms with Crippen molar-refractivity contribution in [2.45, 2.75) is 33.6 Å². The molecule has 0 saturated carbocycles. The first-order valence-electron chi connectivity index (χ1n) is 11.7. The van der Waals surface area contributed by atoms with Gasteiger partial charge >= 0.3 is 0 Å². The van der Waals surface area contributed by atoms with Gasteiger partial charge in [-0.05, 0) is 69.0 Å². The second kappa shape index (κ2) is 11.5. The van der Waals surface area contributed by atoms with Crippen LogP contribution in [-0.4, -0.2) is 60.2 Å². The maximum atomic E-state index is 12.8. The normalized spacial score (nSPS) is 14.0. The zero-order valence-electron chi connectivity index (χ0n) is 19.8. The molecule has 0 bridgehead atoms. The van der Waals surface area contributed by atoms with Crippen LogP contribution in [0.5, 0.6) is 0 Å². The van der Waals surface area contributed by atoms with E-state index in [0.717, 1.165) is 25.9 Å². The molecule has 1 saturated heterocycles. The summed E-state index contributed by atoms with van der Waals surface area (Å²) in [6.45, 7) is 8.99. The van der Waals surface area contributed by atoms with E-state index in [2.05, 4.69) is 17.6 Å². The van der Waals surface area contributed by atoms with Crippen molar-refractivity contribution in [2.75, 3.05) is 43.4 Å². The van der Waals surface area contributed by atoms with Gasteiger partial charge in [-0.2, -0.15) is 0 Å². The molecule has 0 aliphatic carbocycles. The van der Waals surface area contributed by atoms with Crippen molar-refractivity contribution in [1.29, 1.82) is 0 Å². The number of hydrogen-bond acceptors (Lipinski definition) is 4. The molecule has 0 unspecified atom stereocenters. The third kappa shape index (κ3) is 6.57. The number of carbonyl (C=O) groups excluding carboxylic acids is 3. The summed E-state index contributed by atoms with van der Waals surface area (Å²) in [6, 6.07) is 14.2. The van der Waals surface area contributed by atoms with Gasteiger partial charge in [-0.1, -0.05) is 19.1 Å². The molecule has 33 heavy (non-hydrogen) atoms. The number of rotatable bonds is 8. The van der Waals surface area contributed by atoms with Crippen LogP contribution in [0.1, 0.15) is 54.3 Å². The Morgan fingerprint density at radius 2 is 1.55 bits per heavy atom. The first-order chi connectivity index (χ1) is 15.9. The average molecular weight is 451 g/mol. The Bertz CT molecular complexity index is 979. The number of carbonyl (C=O) groups is 3. The third-order valence-corrected chi connectivity index (χ3v) is 6.08. The number of nitrogens with zero attached hydrogens (tertiary/aromatic N) is 2. The molecule has 0 atom stereocenters. The zero-order chi connectivity index (χ0) is 23.8. The van der Waals surface area contributed by atoms with Crippen LogP contribution >= 0.6 is 0 Å². The van der Waals surface area contributed by atoms with E-state index in [-0.39, 0.29) is 24.3 Å². The molecule has 176 valence electrons. The van der Waals surface area contributed by atoms with E-state index in [1.165, 1.54) is 0 Å². The highest BCUT2D eigenvalue weighted by Gasteiger charge is 2.21. The summed E-state index contributed by atoms with van der Waals surface area (Å²) in [4.78, 5) is 41.5. The smallest absolute Gasteiger partial charge is 0.253 e. The fourth-order valence-electron chi connectivity index (χ4n) is 3.97. The van der Waals surface area contributed by atoms with E-state index >= 15 is 0 Å². The SMILES string of the molecule is CCN(CC)C(=O)c1cccc(NC(=O)CNc2cccc(C(=O)N3CCC(C)CC3)c2)c1. The highest BCUT2D eigenvalue weighted by atomic mass is 16.2. The molecule has 7 nitrogen and oxygen atoms in total. The first kappa shape index (κ1) is 24.3. The lowest BCUT2D eigenvalue weighted by molar-refractivity contribution is -0.114. The molecular formula is C26H34N4O3. The second-order valence-corrected chi connectivity index (χ2v) is 8.52. The molecular weight excluding hydrogens is 416 g/mol. The van der Waals surface area contributed by atoms with Gasteiger partial charge in [0, 0.05) is 48.7 Å². The van der Waals surface area contributed by atoms with Gasteiger partial charge in [-0.25, -0.2) is 0 Å². The third-order valence-electron chi connectivity index (χ3n) is 6.08. The standard InChI is InChI=1S/C26H34N4O3/c1-4-29(5-2)25(32)21-9-7-11-23(17-21)28-24(31)18-27-22-10-6-8-20(16-22)26(33)30-14-12-19(3)13-15-30/h6-11,16-17,19,27H,4-5,12-15,18H2,1-3H3,(H,28,31). The highest BCUT2D eigenvalue weighted by Crippen LogP contribution is 2.20. The van der Waals surface area contributed by atoms with Crippen molar-refractivity contribution < 1.29 is 14.4 Å². The predicted molar refractivity (Wildman–Crippen MR) is 132 cm³/mol. The Labute approximate surface area is 196 Å². The Kier molecular flexibility index (Phi) is 8.46. The second-order valence-electron chi connectivity index (χ2n) is 8.52.